The van der Waals surface area contributed by atoms with Crippen molar-refractivity contribution in [3.63, 3.8) is 0 Å². The normalized spacial score (nSPS) is 10.9. The van der Waals surface area contributed by atoms with E-state index in [2.05, 4.69) is 36.8 Å². The van der Waals surface area contributed by atoms with E-state index in [1.165, 1.54) is 0 Å². The van der Waals surface area contributed by atoms with Crippen LogP contribution in [0, 0.1) is 17.2 Å². The number of aromatic nitrogens is 5. The van der Waals surface area contributed by atoms with Crippen molar-refractivity contribution in [1.82, 2.24) is 25.4 Å². The molecule has 2 aromatic heterocycles. The Labute approximate surface area is 178 Å². The largest absolute Gasteiger partial charge is 0.484 e. The van der Waals surface area contributed by atoms with Crippen LogP contribution in [0.2, 0.25) is 0 Å². The van der Waals surface area contributed by atoms with Gasteiger partial charge >= 0.3 is 0 Å². The second-order valence-corrected chi connectivity index (χ2v) is 7.55. The monoisotopic (exact) mass is 415 g/mol. The molecule has 0 saturated heterocycles. The van der Waals surface area contributed by atoms with Gasteiger partial charge in [0.15, 0.2) is 11.6 Å². The van der Waals surface area contributed by atoms with Crippen molar-refractivity contribution in [2.75, 3.05) is 11.9 Å². The van der Waals surface area contributed by atoms with Gasteiger partial charge in [0.05, 0.1) is 17.3 Å². The molecular formula is C22H21N7O2. The lowest BCUT2D eigenvalue weighted by atomic mass is 10.1. The van der Waals surface area contributed by atoms with Crippen LogP contribution in [0.25, 0.3) is 22.3 Å². The van der Waals surface area contributed by atoms with E-state index in [-0.39, 0.29) is 18.3 Å². The molecule has 2 aromatic carbocycles. The van der Waals surface area contributed by atoms with Crippen molar-refractivity contribution in [3.8, 4) is 23.2 Å². The number of carbonyl (C=O) groups is 1. The summed E-state index contributed by atoms with van der Waals surface area (Å²) in [5.41, 5.74) is 2.78. The number of nitrogens with one attached hydrogen (secondary N) is 3. The molecule has 0 amide bonds. The third kappa shape index (κ3) is 4.70. The van der Waals surface area contributed by atoms with Gasteiger partial charge in [0.1, 0.15) is 18.4 Å². The zero-order chi connectivity index (χ0) is 21.8. The summed E-state index contributed by atoms with van der Waals surface area (Å²) < 4.78 is 5.56. The highest BCUT2D eigenvalue weighted by Gasteiger charge is 2.12. The Morgan fingerprint density at radius 1 is 1.23 bits per heavy atom. The van der Waals surface area contributed by atoms with E-state index < -0.39 is 0 Å². The molecule has 4 aromatic rings. The molecule has 0 radical (unpaired) electrons. The van der Waals surface area contributed by atoms with Crippen molar-refractivity contribution in [3.05, 3.63) is 48.2 Å². The maximum Gasteiger partial charge on any atom is 0.246 e. The number of carbonyl (C=O) groups excluding carboxylic acids is 1. The van der Waals surface area contributed by atoms with Crippen LogP contribution in [0.3, 0.4) is 0 Å². The fraction of sp³-hybridized carbons (Fsp3) is 0.227. The molecule has 31 heavy (non-hydrogen) atoms. The van der Waals surface area contributed by atoms with Gasteiger partial charge in [0, 0.05) is 23.1 Å². The molecule has 4 rings (SSSR count). The summed E-state index contributed by atoms with van der Waals surface area (Å²) in [6.07, 6.45) is 2.19. The van der Waals surface area contributed by atoms with Crippen molar-refractivity contribution in [1.29, 1.82) is 5.26 Å². The molecule has 0 bridgehead atoms. The van der Waals surface area contributed by atoms with Crippen molar-refractivity contribution in [2.24, 2.45) is 5.92 Å². The van der Waals surface area contributed by atoms with Crippen LogP contribution < -0.4 is 10.1 Å². The number of ketones is 1. The van der Waals surface area contributed by atoms with E-state index >= 15 is 0 Å². The minimum absolute atomic E-state index is 0.00234. The summed E-state index contributed by atoms with van der Waals surface area (Å²) in [5, 5.41) is 27.6. The zero-order valence-electron chi connectivity index (χ0n) is 17.1. The van der Waals surface area contributed by atoms with Gasteiger partial charge in [-0.2, -0.15) is 15.3 Å². The molecule has 0 atom stereocenters. The second-order valence-electron chi connectivity index (χ2n) is 7.55. The molecule has 9 nitrogen and oxygen atoms in total. The predicted molar refractivity (Wildman–Crippen MR) is 116 cm³/mol. The van der Waals surface area contributed by atoms with Crippen LogP contribution in [0.4, 0.5) is 11.6 Å². The first kappa shape index (κ1) is 20.1. The van der Waals surface area contributed by atoms with Crippen molar-refractivity contribution in [2.45, 2.75) is 20.3 Å². The first-order chi connectivity index (χ1) is 15.0. The third-order valence-electron chi connectivity index (χ3n) is 4.58. The van der Waals surface area contributed by atoms with Crippen LogP contribution in [0.15, 0.2) is 42.6 Å². The van der Waals surface area contributed by atoms with E-state index in [1.54, 1.807) is 24.4 Å². The van der Waals surface area contributed by atoms with Gasteiger partial charge in [0.2, 0.25) is 5.95 Å². The third-order valence-corrected chi connectivity index (χ3v) is 4.58. The van der Waals surface area contributed by atoms with Crippen LogP contribution in [0.1, 0.15) is 25.8 Å². The van der Waals surface area contributed by atoms with E-state index in [9.17, 15) is 10.1 Å². The number of H-pyrrole nitrogens is 2. The van der Waals surface area contributed by atoms with Gasteiger partial charge in [-0.25, -0.2) is 0 Å². The van der Waals surface area contributed by atoms with E-state index in [1.807, 2.05) is 32.0 Å². The summed E-state index contributed by atoms with van der Waals surface area (Å²) >= 11 is 0. The van der Waals surface area contributed by atoms with Crippen LogP contribution >= 0.6 is 0 Å². The predicted octanol–water partition coefficient (Wildman–Crippen LogP) is 3.96. The topological polar surface area (TPSA) is 132 Å². The molecule has 0 aliphatic rings. The Hall–Kier alpha value is -4.19. The summed E-state index contributed by atoms with van der Waals surface area (Å²) in [4.78, 5) is 16.3. The molecule has 9 heteroatoms. The lowest BCUT2D eigenvalue weighted by molar-refractivity contribution is -0.121. The molecule has 3 N–H and O–H groups in total. The summed E-state index contributed by atoms with van der Waals surface area (Å²) in [7, 11) is 0. The number of Topliss-reactive ketones (excluding diaryl/α,β-unsaturated/α-hetero) is 1. The second kappa shape index (κ2) is 8.67. The average Bonchev–Trinajstić information content (AvgIpc) is 3.41. The minimum Gasteiger partial charge on any atom is -0.484 e. The Kier molecular flexibility index (Phi) is 5.62. The Morgan fingerprint density at radius 2 is 2.10 bits per heavy atom. The molecule has 0 saturated carbocycles. The Bertz CT molecular complexity index is 1270. The first-order valence-corrected chi connectivity index (χ1v) is 9.83. The quantitative estimate of drug-likeness (QED) is 0.397. The molecule has 0 aliphatic heterocycles. The van der Waals surface area contributed by atoms with Crippen LogP contribution in [-0.2, 0) is 4.79 Å². The number of ether oxygens (including phenoxy) is 1. The Morgan fingerprint density at radius 3 is 2.90 bits per heavy atom. The molecule has 156 valence electrons. The lowest BCUT2D eigenvalue weighted by Gasteiger charge is -2.09. The maximum absolute atomic E-state index is 11.9. The molecule has 0 aliphatic carbocycles. The number of nitrogens with zero attached hydrogens (tertiary/aromatic N) is 4. The number of aromatic amines is 2. The van der Waals surface area contributed by atoms with Gasteiger partial charge in [0.25, 0.3) is 0 Å². The highest BCUT2D eigenvalue weighted by atomic mass is 16.5. The lowest BCUT2D eigenvalue weighted by Crippen LogP contribution is -2.13. The highest BCUT2D eigenvalue weighted by Crippen LogP contribution is 2.26. The first-order valence-electron chi connectivity index (χ1n) is 9.83. The number of rotatable bonds is 8. The van der Waals surface area contributed by atoms with Crippen molar-refractivity contribution >= 4 is 28.3 Å². The average molecular weight is 415 g/mol. The van der Waals surface area contributed by atoms with E-state index in [0.717, 1.165) is 16.6 Å². The number of nitriles is 1. The molecule has 0 fully saturated rings. The summed E-state index contributed by atoms with van der Waals surface area (Å²) in [5.74, 6) is 1.55. The smallest absolute Gasteiger partial charge is 0.246 e. The number of benzene rings is 2. The molecule has 0 spiro atoms. The number of hydrogen-bond acceptors (Lipinski definition) is 7. The minimum atomic E-state index is -0.0520. The van der Waals surface area contributed by atoms with Crippen molar-refractivity contribution < 1.29 is 9.53 Å². The molecule has 0 unspecified atom stereocenters. The van der Waals surface area contributed by atoms with Gasteiger partial charge < -0.3 is 10.1 Å². The number of anilines is 2. The highest BCUT2D eigenvalue weighted by molar-refractivity contribution is 5.82. The fourth-order valence-corrected chi connectivity index (χ4v) is 3.16. The van der Waals surface area contributed by atoms with E-state index in [0.29, 0.717) is 35.1 Å². The molecular weight excluding hydrogens is 394 g/mol. The summed E-state index contributed by atoms with van der Waals surface area (Å²) in [6.45, 7) is 3.90. The standard InChI is InChI=1S/C22H21N7O2/c1-13(2)7-18(30)12-31-20-6-3-14(8-15(20)10-23)21-26-22(29-28-21)25-17-4-5-19-16(9-17)11-24-27-19/h3-6,8-9,11,13H,7,12H2,1-2H3,(H,24,27)(H2,25,26,28,29). The van der Waals surface area contributed by atoms with Gasteiger partial charge in [-0.3, -0.25) is 15.0 Å². The van der Waals surface area contributed by atoms with Crippen LogP contribution in [0.5, 0.6) is 5.75 Å². The zero-order valence-corrected chi connectivity index (χ0v) is 17.1. The van der Waals surface area contributed by atoms with E-state index in [4.69, 9.17) is 4.74 Å². The maximum atomic E-state index is 11.9. The fourth-order valence-electron chi connectivity index (χ4n) is 3.16. The summed E-state index contributed by atoms with van der Waals surface area (Å²) in [6, 6.07) is 13.0. The SMILES string of the molecule is CC(C)CC(=O)COc1ccc(-c2nc(Nc3ccc4[nH]ncc4c3)n[nH]2)cc1C#N. The van der Waals surface area contributed by atoms with Gasteiger partial charge in [-0.1, -0.05) is 13.8 Å². The Balaban J connectivity index is 1.47. The van der Waals surface area contributed by atoms with Gasteiger partial charge in [-0.05, 0) is 42.3 Å². The van der Waals surface area contributed by atoms with Gasteiger partial charge in [-0.15, -0.1) is 5.10 Å². The van der Waals surface area contributed by atoms with Crippen LogP contribution in [-0.4, -0.2) is 37.8 Å². The number of fused-ring (bicyclic) bond motifs is 1. The number of hydrogen-bond donors (Lipinski definition) is 3. The molecule has 2 heterocycles.